The van der Waals surface area contributed by atoms with E-state index in [4.69, 9.17) is 0 Å². The number of hydrogen-bond donors (Lipinski definition) is 3. The summed E-state index contributed by atoms with van der Waals surface area (Å²) in [4.78, 5) is 4.59. The van der Waals surface area contributed by atoms with Crippen molar-refractivity contribution in [1.29, 1.82) is 0 Å². The van der Waals surface area contributed by atoms with Crippen molar-refractivity contribution in [2.45, 2.75) is 32.1 Å². The Morgan fingerprint density at radius 2 is 1.55 bits per heavy atom. The predicted octanol–water partition coefficient (Wildman–Crippen LogP) is 1.73. The van der Waals surface area contributed by atoms with Crippen LogP contribution in [0.1, 0.15) is 13.8 Å². The summed E-state index contributed by atoms with van der Waals surface area (Å²) in [7, 11) is 0. The Labute approximate surface area is 119 Å². The number of nitrogens with zero attached hydrogens (tertiary/aromatic N) is 1. The van der Waals surface area contributed by atoms with Gasteiger partial charge in [0.2, 0.25) is 0 Å². The molecule has 3 aliphatic rings. The molecular formula is C16H20N4. The van der Waals surface area contributed by atoms with Crippen molar-refractivity contribution >= 4 is 6.21 Å². The molecule has 3 rings (SSSR count). The number of dihydropyridines is 2. The lowest BCUT2D eigenvalue weighted by Gasteiger charge is -2.23. The van der Waals surface area contributed by atoms with Gasteiger partial charge in [0, 0.05) is 53.6 Å². The first-order valence-electron chi connectivity index (χ1n) is 7.01. The zero-order valence-electron chi connectivity index (χ0n) is 11.8. The van der Waals surface area contributed by atoms with Crippen molar-refractivity contribution in [3.8, 4) is 0 Å². The molecule has 4 heteroatoms. The average Bonchev–Trinajstić information content (AvgIpc) is 2.49. The van der Waals surface area contributed by atoms with E-state index in [0.29, 0.717) is 12.1 Å². The van der Waals surface area contributed by atoms with E-state index < -0.39 is 0 Å². The highest BCUT2D eigenvalue weighted by Gasteiger charge is 2.16. The standard InChI is InChI=1S/C16H20N4/c1-11-3-5-13(7-17-11)15-9-19-16(20-10-15)14-6-4-12(2)18-8-14/h3-12,16-19H,1-2H3. The Hall–Kier alpha value is -2.23. The zero-order valence-corrected chi connectivity index (χ0v) is 11.8. The summed E-state index contributed by atoms with van der Waals surface area (Å²) in [5.74, 6) is 0. The van der Waals surface area contributed by atoms with E-state index in [1.165, 1.54) is 0 Å². The van der Waals surface area contributed by atoms with Gasteiger partial charge in [-0.2, -0.15) is 0 Å². The largest absolute Gasteiger partial charge is 0.385 e. The number of nitrogens with one attached hydrogen (secondary N) is 3. The van der Waals surface area contributed by atoms with Gasteiger partial charge in [0.1, 0.15) is 6.17 Å². The maximum Gasteiger partial charge on any atom is 0.145 e. The van der Waals surface area contributed by atoms with Crippen LogP contribution in [0.5, 0.6) is 0 Å². The van der Waals surface area contributed by atoms with E-state index in [1.54, 1.807) is 0 Å². The van der Waals surface area contributed by atoms with Crippen LogP contribution in [0.15, 0.2) is 64.6 Å². The molecule has 0 bridgehead atoms. The molecule has 0 aromatic heterocycles. The highest BCUT2D eigenvalue weighted by molar-refractivity contribution is 5.87. The van der Waals surface area contributed by atoms with Gasteiger partial charge in [-0.1, -0.05) is 24.3 Å². The molecule has 0 saturated carbocycles. The van der Waals surface area contributed by atoms with Gasteiger partial charge < -0.3 is 16.0 Å². The van der Waals surface area contributed by atoms with Crippen molar-refractivity contribution in [3.05, 3.63) is 59.6 Å². The number of aliphatic imine (C=N–C) groups is 1. The third-order valence-electron chi connectivity index (χ3n) is 3.56. The molecule has 4 nitrogen and oxygen atoms in total. The normalized spacial score (nSPS) is 31.5. The topological polar surface area (TPSA) is 48.5 Å². The summed E-state index contributed by atoms with van der Waals surface area (Å²) >= 11 is 0. The molecule has 104 valence electrons. The second-order valence-electron chi connectivity index (χ2n) is 5.32. The maximum atomic E-state index is 4.59. The van der Waals surface area contributed by atoms with Gasteiger partial charge in [-0.3, -0.25) is 4.99 Å². The van der Waals surface area contributed by atoms with Gasteiger partial charge in [-0.15, -0.1) is 0 Å². The van der Waals surface area contributed by atoms with E-state index in [9.17, 15) is 0 Å². The molecule has 3 N–H and O–H groups in total. The summed E-state index contributed by atoms with van der Waals surface area (Å²) in [6.45, 7) is 4.24. The molecule has 0 saturated heterocycles. The second kappa shape index (κ2) is 5.41. The number of rotatable bonds is 2. The minimum absolute atomic E-state index is 0.00458. The van der Waals surface area contributed by atoms with E-state index in [2.05, 4.69) is 59.1 Å². The summed E-state index contributed by atoms with van der Waals surface area (Å²) in [6, 6.07) is 0.786. The van der Waals surface area contributed by atoms with Gasteiger partial charge >= 0.3 is 0 Å². The van der Waals surface area contributed by atoms with Gasteiger partial charge in [0.25, 0.3) is 0 Å². The highest BCUT2D eigenvalue weighted by Crippen LogP contribution is 2.18. The Bertz CT molecular complexity index is 563. The lowest BCUT2D eigenvalue weighted by atomic mass is 10.0. The van der Waals surface area contributed by atoms with E-state index in [1.807, 2.05) is 24.8 Å². The molecular weight excluding hydrogens is 248 g/mol. The Kier molecular flexibility index (Phi) is 3.46. The van der Waals surface area contributed by atoms with Crippen molar-refractivity contribution in [1.82, 2.24) is 16.0 Å². The molecule has 0 aliphatic carbocycles. The monoisotopic (exact) mass is 268 g/mol. The SMILES string of the molecule is CC1C=CC(C2=CNC(C3=CNC(C)C=C3)N=C2)=CN1. The first-order chi connectivity index (χ1) is 9.72. The van der Waals surface area contributed by atoms with Crippen LogP contribution in [-0.4, -0.2) is 24.5 Å². The average molecular weight is 268 g/mol. The van der Waals surface area contributed by atoms with Crippen molar-refractivity contribution in [3.63, 3.8) is 0 Å². The summed E-state index contributed by atoms with van der Waals surface area (Å²) in [6.07, 6.45) is 16.6. The Morgan fingerprint density at radius 1 is 0.850 bits per heavy atom. The summed E-state index contributed by atoms with van der Waals surface area (Å²) in [5, 5.41) is 9.93. The van der Waals surface area contributed by atoms with Crippen LogP contribution in [0.3, 0.4) is 0 Å². The third kappa shape index (κ3) is 2.69. The zero-order chi connectivity index (χ0) is 13.9. The Morgan fingerprint density at radius 3 is 2.10 bits per heavy atom. The number of allylic oxidation sites excluding steroid dienone is 3. The first-order valence-corrected chi connectivity index (χ1v) is 7.01. The lowest BCUT2D eigenvalue weighted by molar-refractivity contribution is 0.671. The van der Waals surface area contributed by atoms with Crippen LogP contribution in [0.25, 0.3) is 0 Å². The fourth-order valence-electron chi connectivity index (χ4n) is 2.25. The minimum Gasteiger partial charge on any atom is -0.385 e. The summed E-state index contributed by atoms with van der Waals surface area (Å²) < 4.78 is 0. The predicted molar refractivity (Wildman–Crippen MR) is 83.1 cm³/mol. The fourth-order valence-corrected chi connectivity index (χ4v) is 2.25. The van der Waals surface area contributed by atoms with Crippen molar-refractivity contribution in [2.24, 2.45) is 4.99 Å². The van der Waals surface area contributed by atoms with Gasteiger partial charge in [-0.05, 0) is 13.8 Å². The van der Waals surface area contributed by atoms with Crippen LogP contribution in [0, 0.1) is 0 Å². The molecule has 3 aliphatic heterocycles. The molecule has 0 spiro atoms. The molecule has 0 aromatic carbocycles. The molecule has 3 heterocycles. The van der Waals surface area contributed by atoms with Crippen LogP contribution >= 0.6 is 0 Å². The van der Waals surface area contributed by atoms with Crippen molar-refractivity contribution < 1.29 is 0 Å². The first kappa shape index (κ1) is 12.8. The van der Waals surface area contributed by atoms with E-state index in [0.717, 1.165) is 16.7 Å². The second-order valence-corrected chi connectivity index (χ2v) is 5.32. The molecule has 0 aromatic rings. The molecule has 3 unspecified atom stereocenters. The molecule has 0 fully saturated rings. The molecule has 3 atom stereocenters. The third-order valence-corrected chi connectivity index (χ3v) is 3.56. The van der Waals surface area contributed by atoms with Crippen LogP contribution < -0.4 is 16.0 Å². The van der Waals surface area contributed by atoms with Crippen LogP contribution in [-0.2, 0) is 0 Å². The molecule has 0 amide bonds. The quantitative estimate of drug-likeness (QED) is 0.715. The van der Waals surface area contributed by atoms with E-state index in [-0.39, 0.29) is 6.17 Å². The fraction of sp³-hybridized carbons (Fsp3) is 0.312. The minimum atomic E-state index is -0.00458. The maximum absolute atomic E-state index is 4.59. The van der Waals surface area contributed by atoms with E-state index >= 15 is 0 Å². The molecule has 0 radical (unpaired) electrons. The molecule has 20 heavy (non-hydrogen) atoms. The smallest absolute Gasteiger partial charge is 0.145 e. The van der Waals surface area contributed by atoms with Crippen molar-refractivity contribution in [2.75, 3.05) is 0 Å². The van der Waals surface area contributed by atoms with Crippen LogP contribution in [0.2, 0.25) is 0 Å². The van der Waals surface area contributed by atoms with Gasteiger partial charge in [0.05, 0.1) is 0 Å². The summed E-state index contributed by atoms with van der Waals surface area (Å²) in [5.41, 5.74) is 3.39. The Balaban J connectivity index is 1.66. The van der Waals surface area contributed by atoms with Crippen LogP contribution in [0.4, 0.5) is 0 Å². The van der Waals surface area contributed by atoms with Gasteiger partial charge in [0.15, 0.2) is 0 Å². The van der Waals surface area contributed by atoms with Gasteiger partial charge in [-0.25, -0.2) is 0 Å². The number of hydrogen-bond acceptors (Lipinski definition) is 4. The lowest BCUT2D eigenvalue weighted by Crippen LogP contribution is -2.32. The highest BCUT2D eigenvalue weighted by atomic mass is 15.1.